The summed E-state index contributed by atoms with van der Waals surface area (Å²) in [6, 6.07) is 0.297. The van der Waals surface area contributed by atoms with Crippen LogP contribution in [0.2, 0.25) is 0 Å². The minimum atomic E-state index is 0.224. The number of methoxy groups -OCH3 is 1. The summed E-state index contributed by atoms with van der Waals surface area (Å²) in [5, 5.41) is 0. The zero-order chi connectivity index (χ0) is 12.9. The van der Waals surface area contributed by atoms with Crippen LogP contribution in [0.5, 0.6) is 0 Å². The van der Waals surface area contributed by atoms with E-state index >= 15 is 0 Å². The average molecular weight is 242 g/mol. The smallest absolute Gasteiger partial charge is 0.0502 e. The van der Waals surface area contributed by atoms with Gasteiger partial charge in [-0.05, 0) is 43.7 Å². The van der Waals surface area contributed by atoms with Crippen molar-refractivity contribution in [1.82, 2.24) is 4.90 Å². The molecular weight excluding hydrogens is 212 g/mol. The summed E-state index contributed by atoms with van der Waals surface area (Å²) in [4.78, 5) is 2.55. The van der Waals surface area contributed by atoms with Gasteiger partial charge in [-0.3, -0.25) is 0 Å². The van der Waals surface area contributed by atoms with Gasteiger partial charge in [0.15, 0.2) is 0 Å². The van der Waals surface area contributed by atoms with Crippen LogP contribution in [0.15, 0.2) is 0 Å². The first-order chi connectivity index (χ1) is 7.93. The molecule has 0 saturated carbocycles. The van der Waals surface area contributed by atoms with Crippen molar-refractivity contribution in [3.05, 3.63) is 0 Å². The fourth-order valence-corrected chi connectivity index (χ4v) is 2.48. The molecule has 0 aromatic heterocycles. The van der Waals surface area contributed by atoms with E-state index in [0.29, 0.717) is 6.04 Å². The standard InChI is InChI=1S/C14H30N2O/c1-14(2,3)13(15)7-9-16-8-5-6-12(10-16)11-17-4/h12-13H,5-11,15H2,1-4H3. The van der Waals surface area contributed by atoms with Crippen molar-refractivity contribution in [3.63, 3.8) is 0 Å². The van der Waals surface area contributed by atoms with Crippen LogP contribution in [-0.4, -0.2) is 44.3 Å². The molecule has 0 bridgehead atoms. The van der Waals surface area contributed by atoms with Crippen molar-refractivity contribution in [2.24, 2.45) is 17.1 Å². The molecule has 0 radical (unpaired) electrons. The second-order valence-corrected chi connectivity index (χ2v) is 6.53. The molecule has 1 heterocycles. The van der Waals surface area contributed by atoms with Gasteiger partial charge >= 0.3 is 0 Å². The Labute approximate surface area is 107 Å². The Morgan fingerprint density at radius 2 is 2.12 bits per heavy atom. The quantitative estimate of drug-likeness (QED) is 0.802. The second-order valence-electron chi connectivity index (χ2n) is 6.53. The molecule has 1 rings (SSSR count). The lowest BCUT2D eigenvalue weighted by molar-refractivity contribution is 0.0870. The Hall–Kier alpha value is -0.120. The molecule has 2 N–H and O–H groups in total. The van der Waals surface area contributed by atoms with E-state index in [0.717, 1.165) is 25.5 Å². The maximum Gasteiger partial charge on any atom is 0.0502 e. The zero-order valence-electron chi connectivity index (χ0n) is 12.0. The zero-order valence-corrected chi connectivity index (χ0v) is 12.0. The van der Waals surface area contributed by atoms with E-state index in [1.165, 1.54) is 25.9 Å². The van der Waals surface area contributed by atoms with Gasteiger partial charge in [0.2, 0.25) is 0 Å². The maximum absolute atomic E-state index is 6.21. The van der Waals surface area contributed by atoms with Crippen molar-refractivity contribution in [3.8, 4) is 0 Å². The van der Waals surface area contributed by atoms with Gasteiger partial charge in [-0.2, -0.15) is 0 Å². The first-order valence-electron chi connectivity index (χ1n) is 6.90. The van der Waals surface area contributed by atoms with Crippen LogP contribution in [0, 0.1) is 11.3 Å². The molecule has 3 nitrogen and oxygen atoms in total. The highest BCUT2D eigenvalue weighted by atomic mass is 16.5. The molecule has 1 aliphatic heterocycles. The Morgan fingerprint density at radius 3 is 2.71 bits per heavy atom. The van der Waals surface area contributed by atoms with E-state index in [-0.39, 0.29) is 5.41 Å². The van der Waals surface area contributed by atoms with Gasteiger partial charge in [-0.15, -0.1) is 0 Å². The Morgan fingerprint density at radius 1 is 1.41 bits per heavy atom. The van der Waals surface area contributed by atoms with Crippen LogP contribution in [0.3, 0.4) is 0 Å². The Balaban J connectivity index is 2.27. The lowest BCUT2D eigenvalue weighted by atomic mass is 9.85. The predicted molar refractivity (Wildman–Crippen MR) is 73.1 cm³/mol. The Kier molecular flexibility index (Phi) is 5.90. The largest absolute Gasteiger partial charge is 0.384 e. The van der Waals surface area contributed by atoms with Crippen LogP contribution in [0.1, 0.15) is 40.0 Å². The molecular formula is C14H30N2O. The van der Waals surface area contributed by atoms with Gasteiger partial charge in [0.1, 0.15) is 0 Å². The van der Waals surface area contributed by atoms with Gasteiger partial charge < -0.3 is 15.4 Å². The van der Waals surface area contributed by atoms with Crippen molar-refractivity contribution >= 4 is 0 Å². The number of piperidine rings is 1. The molecule has 3 heteroatoms. The highest BCUT2D eigenvalue weighted by Gasteiger charge is 2.23. The van der Waals surface area contributed by atoms with Gasteiger partial charge in [-0.1, -0.05) is 20.8 Å². The summed E-state index contributed by atoms with van der Waals surface area (Å²) < 4.78 is 5.26. The first kappa shape index (κ1) is 14.9. The number of likely N-dealkylation sites (tertiary alicyclic amines) is 1. The molecule has 1 fully saturated rings. The van der Waals surface area contributed by atoms with Crippen LogP contribution in [0.25, 0.3) is 0 Å². The lowest BCUT2D eigenvalue weighted by Gasteiger charge is -2.34. The molecule has 1 saturated heterocycles. The van der Waals surface area contributed by atoms with Crippen LogP contribution in [-0.2, 0) is 4.74 Å². The Bertz CT molecular complexity index is 211. The fraction of sp³-hybridized carbons (Fsp3) is 1.00. The van der Waals surface area contributed by atoms with E-state index in [1.807, 2.05) is 0 Å². The number of ether oxygens (including phenoxy) is 1. The monoisotopic (exact) mass is 242 g/mol. The number of nitrogens with zero attached hydrogens (tertiary/aromatic N) is 1. The van der Waals surface area contributed by atoms with Crippen molar-refractivity contribution in [2.45, 2.75) is 46.1 Å². The van der Waals surface area contributed by atoms with E-state index in [1.54, 1.807) is 7.11 Å². The van der Waals surface area contributed by atoms with Gasteiger partial charge in [-0.25, -0.2) is 0 Å². The summed E-state index contributed by atoms with van der Waals surface area (Å²) in [5.41, 5.74) is 6.43. The summed E-state index contributed by atoms with van der Waals surface area (Å²) in [7, 11) is 1.80. The topological polar surface area (TPSA) is 38.5 Å². The van der Waals surface area contributed by atoms with Gasteiger partial charge in [0.05, 0.1) is 6.61 Å². The van der Waals surface area contributed by atoms with Crippen LogP contribution < -0.4 is 5.73 Å². The number of hydrogen-bond acceptors (Lipinski definition) is 3. The summed E-state index contributed by atoms with van der Waals surface area (Å²) in [6.45, 7) is 11.1. The maximum atomic E-state index is 6.21. The van der Waals surface area contributed by atoms with E-state index in [4.69, 9.17) is 10.5 Å². The van der Waals surface area contributed by atoms with Gasteiger partial charge in [0, 0.05) is 19.7 Å². The normalized spacial score (nSPS) is 24.9. The molecule has 2 atom stereocenters. The molecule has 0 aromatic carbocycles. The third-order valence-electron chi connectivity index (χ3n) is 3.87. The van der Waals surface area contributed by atoms with Crippen molar-refractivity contribution in [1.29, 1.82) is 0 Å². The summed E-state index contributed by atoms with van der Waals surface area (Å²) >= 11 is 0. The second kappa shape index (κ2) is 6.72. The molecule has 1 aliphatic rings. The van der Waals surface area contributed by atoms with Crippen molar-refractivity contribution in [2.75, 3.05) is 33.4 Å². The van der Waals surface area contributed by atoms with E-state index in [2.05, 4.69) is 25.7 Å². The lowest BCUT2D eigenvalue weighted by Crippen LogP contribution is -2.42. The fourth-order valence-electron chi connectivity index (χ4n) is 2.48. The third-order valence-corrected chi connectivity index (χ3v) is 3.87. The molecule has 102 valence electrons. The molecule has 2 unspecified atom stereocenters. The third kappa shape index (κ3) is 5.36. The van der Waals surface area contributed by atoms with Crippen molar-refractivity contribution < 1.29 is 4.74 Å². The molecule has 0 aromatic rings. The number of nitrogens with two attached hydrogens (primary N) is 1. The minimum absolute atomic E-state index is 0.224. The molecule has 0 aliphatic carbocycles. The van der Waals surface area contributed by atoms with Crippen LogP contribution in [0.4, 0.5) is 0 Å². The predicted octanol–water partition coefficient (Wildman–Crippen LogP) is 2.11. The summed E-state index contributed by atoms with van der Waals surface area (Å²) in [5.74, 6) is 0.722. The number of rotatable bonds is 5. The molecule has 17 heavy (non-hydrogen) atoms. The first-order valence-corrected chi connectivity index (χ1v) is 6.90. The SMILES string of the molecule is COCC1CCCN(CCC(N)C(C)(C)C)C1. The van der Waals surface area contributed by atoms with Crippen LogP contribution >= 0.6 is 0 Å². The van der Waals surface area contributed by atoms with E-state index in [9.17, 15) is 0 Å². The van der Waals surface area contributed by atoms with Gasteiger partial charge in [0.25, 0.3) is 0 Å². The highest BCUT2D eigenvalue weighted by Crippen LogP contribution is 2.22. The van der Waals surface area contributed by atoms with E-state index < -0.39 is 0 Å². The molecule has 0 spiro atoms. The summed E-state index contributed by atoms with van der Waals surface area (Å²) in [6.07, 6.45) is 3.72. The average Bonchev–Trinajstić information content (AvgIpc) is 2.25. The molecule has 0 amide bonds. The minimum Gasteiger partial charge on any atom is -0.384 e. The highest BCUT2D eigenvalue weighted by molar-refractivity contribution is 4.80. The number of hydrogen-bond donors (Lipinski definition) is 1.